The highest BCUT2D eigenvalue weighted by molar-refractivity contribution is 5.86. The smallest absolute Gasteiger partial charge is 0.240 e. The van der Waals surface area contributed by atoms with E-state index < -0.39 is 11.9 Å². The van der Waals surface area contributed by atoms with Crippen molar-refractivity contribution in [2.24, 2.45) is 5.73 Å². The van der Waals surface area contributed by atoms with Gasteiger partial charge < -0.3 is 20.4 Å². The quantitative estimate of drug-likeness (QED) is 0.416. The molecule has 0 unspecified atom stereocenters. The number of carbonyl (C=O) groups is 1. The minimum atomic E-state index is -0.741. The molecule has 35 heavy (non-hydrogen) atoms. The van der Waals surface area contributed by atoms with Gasteiger partial charge >= 0.3 is 0 Å². The molecule has 3 heterocycles. The van der Waals surface area contributed by atoms with E-state index in [4.69, 9.17) is 10.5 Å². The van der Waals surface area contributed by atoms with E-state index in [1.54, 1.807) is 29.3 Å². The number of hydrogen-bond donors (Lipinski definition) is 2. The Morgan fingerprint density at radius 3 is 2.77 bits per heavy atom. The van der Waals surface area contributed by atoms with Crippen molar-refractivity contribution in [3.05, 3.63) is 95.6 Å². The van der Waals surface area contributed by atoms with Gasteiger partial charge in [0, 0.05) is 25.5 Å². The van der Waals surface area contributed by atoms with Gasteiger partial charge in [0.2, 0.25) is 5.91 Å². The van der Waals surface area contributed by atoms with Gasteiger partial charge in [-0.2, -0.15) is 0 Å². The average Bonchev–Trinajstić information content (AvgIpc) is 3.27. The molecule has 7 heteroatoms. The second-order valence-electron chi connectivity index (χ2n) is 8.81. The normalized spacial score (nSPS) is 14.6. The van der Waals surface area contributed by atoms with Crippen molar-refractivity contribution in [2.45, 2.75) is 25.8 Å². The molecule has 5 rings (SSSR count). The Hall–Kier alpha value is -3.97. The molecule has 1 aliphatic heterocycles. The molecule has 0 radical (unpaired) electrons. The van der Waals surface area contributed by atoms with Crippen molar-refractivity contribution in [2.75, 3.05) is 13.1 Å². The van der Waals surface area contributed by atoms with E-state index >= 15 is 0 Å². The number of fused-ring (bicyclic) bond motifs is 1. The summed E-state index contributed by atoms with van der Waals surface area (Å²) in [7, 11) is 0. The van der Waals surface area contributed by atoms with E-state index in [1.807, 2.05) is 31.3 Å². The molecule has 1 amide bonds. The number of H-pyrrole nitrogens is 1. The van der Waals surface area contributed by atoms with Gasteiger partial charge in [-0.05, 0) is 60.2 Å². The Balaban J connectivity index is 1.23. The SMILES string of the molecule is Cc1c[nH]c2nccc(Oc3ccc(C[C@H](N)C(=O)N4CC=C(c5ccccc5)CC4)cc3F)c12. The Morgan fingerprint density at radius 1 is 1.20 bits per heavy atom. The van der Waals surface area contributed by atoms with E-state index in [1.165, 1.54) is 17.2 Å². The lowest BCUT2D eigenvalue weighted by molar-refractivity contribution is -0.132. The maximum Gasteiger partial charge on any atom is 0.240 e. The topological polar surface area (TPSA) is 84.2 Å². The maximum atomic E-state index is 14.9. The number of carbonyl (C=O) groups excluding carboxylic acids is 1. The van der Waals surface area contributed by atoms with Crippen molar-refractivity contribution in [1.82, 2.24) is 14.9 Å². The maximum absolute atomic E-state index is 14.9. The summed E-state index contributed by atoms with van der Waals surface area (Å²) in [4.78, 5) is 22.0. The highest BCUT2D eigenvalue weighted by atomic mass is 19.1. The minimum Gasteiger partial charge on any atom is -0.453 e. The number of halogens is 1. The van der Waals surface area contributed by atoms with Gasteiger partial charge in [-0.25, -0.2) is 9.37 Å². The third kappa shape index (κ3) is 4.81. The third-order valence-electron chi connectivity index (χ3n) is 6.39. The molecule has 6 nitrogen and oxygen atoms in total. The fourth-order valence-corrected chi connectivity index (χ4v) is 4.50. The molecule has 1 atom stereocenters. The van der Waals surface area contributed by atoms with E-state index in [-0.39, 0.29) is 18.1 Å². The Labute approximate surface area is 203 Å². The molecular weight excluding hydrogens is 443 g/mol. The van der Waals surface area contributed by atoms with Crippen LogP contribution in [0.3, 0.4) is 0 Å². The van der Waals surface area contributed by atoms with Crippen LogP contribution in [0.25, 0.3) is 16.6 Å². The lowest BCUT2D eigenvalue weighted by Gasteiger charge is -2.29. The summed E-state index contributed by atoms with van der Waals surface area (Å²) in [5, 5.41) is 0.814. The molecule has 1 aliphatic rings. The number of benzene rings is 2. The number of hydrogen-bond acceptors (Lipinski definition) is 4. The first-order valence-electron chi connectivity index (χ1n) is 11.7. The number of ether oxygens (including phenoxy) is 1. The monoisotopic (exact) mass is 470 g/mol. The second-order valence-corrected chi connectivity index (χ2v) is 8.81. The van der Waals surface area contributed by atoms with Gasteiger partial charge in [-0.15, -0.1) is 0 Å². The molecule has 0 saturated carbocycles. The van der Waals surface area contributed by atoms with E-state index in [0.717, 1.165) is 17.4 Å². The number of aromatic amines is 1. The highest BCUT2D eigenvalue weighted by Crippen LogP contribution is 2.32. The van der Waals surface area contributed by atoms with Gasteiger partial charge in [-0.1, -0.05) is 42.5 Å². The summed E-state index contributed by atoms with van der Waals surface area (Å²) in [5.74, 6) is 0.00146. The number of rotatable bonds is 6. The van der Waals surface area contributed by atoms with Crippen LogP contribution in [-0.2, 0) is 11.2 Å². The standard InChI is InChI=1S/C28H27FN4O2/c1-18-17-32-27-26(18)25(9-12-31-27)35-24-8-7-19(15-22(24)29)16-23(30)28(34)33-13-10-21(11-14-33)20-5-3-2-4-6-20/h2-10,12,15,17,23H,11,13-14,16,30H2,1H3,(H,31,32)/t23-/m0/s1. The minimum absolute atomic E-state index is 0.108. The molecule has 0 bridgehead atoms. The van der Waals surface area contributed by atoms with Crippen LogP contribution in [0.4, 0.5) is 4.39 Å². The van der Waals surface area contributed by atoms with Gasteiger partial charge in [-0.3, -0.25) is 4.79 Å². The number of pyridine rings is 1. The molecule has 2 aromatic heterocycles. The van der Waals surface area contributed by atoms with Crippen molar-refractivity contribution in [3.63, 3.8) is 0 Å². The van der Waals surface area contributed by atoms with Crippen LogP contribution < -0.4 is 10.5 Å². The first-order chi connectivity index (χ1) is 17.0. The summed E-state index contributed by atoms with van der Waals surface area (Å²) in [6.07, 6.45) is 6.56. The molecule has 4 aromatic rings. The summed E-state index contributed by atoms with van der Waals surface area (Å²) >= 11 is 0. The van der Waals surface area contributed by atoms with Crippen molar-refractivity contribution in [3.8, 4) is 11.5 Å². The number of nitrogens with two attached hydrogens (primary N) is 1. The van der Waals surface area contributed by atoms with Gasteiger partial charge in [0.05, 0.1) is 11.4 Å². The van der Waals surface area contributed by atoms with Crippen molar-refractivity contribution in [1.29, 1.82) is 0 Å². The molecular formula is C28H27FN4O2. The fourth-order valence-electron chi connectivity index (χ4n) is 4.50. The second kappa shape index (κ2) is 9.72. The summed E-state index contributed by atoms with van der Waals surface area (Å²) in [6.45, 7) is 3.08. The number of aryl methyl sites for hydroxylation is 1. The zero-order chi connectivity index (χ0) is 24.4. The first kappa shape index (κ1) is 22.8. The largest absolute Gasteiger partial charge is 0.453 e. The predicted octanol–water partition coefficient (Wildman–Crippen LogP) is 4.99. The molecule has 3 N–H and O–H groups in total. The summed E-state index contributed by atoms with van der Waals surface area (Å²) in [5.41, 5.74) is 10.9. The van der Waals surface area contributed by atoms with Gasteiger partial charge in [0.15, 0.2) is 11.6 Å². The van der Waals surface area contributed by atoms with Crippen LogP contribution in [0.15, 0.2) is 73.1 Å². The molecule has 2 aromatic carbocycles. The number of aromatic nitrogens is 2. The summed E-state index contributed by atoms with van der Waals surface area (Å²) < 4.78 is 20.7. The number of amides is 1. The lowest BCUT2D eigenvalue weighted by Crippen LogP contribution is -2.46. The zero-order valence-electron chi connectivity index (χ0n) is 19.5. The Morgan fingerprint density at radius 2 is 2.03 bits per heavy atom. The third-order valence-corrected chi connectivity index (χ3v) is 6.39. The molecule has 0 saturated heterocycles. The predicted molar refractivity (Wildman–Crippen MR) is 135 cm³/mol. The van der Waals surface area contributed by atoms with Crippen LogP contribution in [0.2, 0.25) is 0 Å². The van der Waals surface area contributed by atoms with Crippen LogP contribution >= 0.6 is 0 Å². The van der Waals surface area contributed by atoms with Crippen LogP contribution in [0, 0.1) is 12.7 Å². The number of nitrogens with zero attached hydrogens (tertiary/aromatic N) is 2. The van der Waals surface area contributed by atoms with Crippen LogP contribution in [0.1, 0.15) is 23.1 Å². The highest BCUT2D eigenvalue weighted by Gasteiger charge is 2.24. The van der Waals surface area contributed by atoms with Gasteiger partial charge in [0.1, 0.15) is 11.4 Å². The van der Waals surface area contributed by atoms with Crippen molar-refractivity contribution >= 4 is 22.5 Å². The molecule has 178 valence electrons. The van der Waals surface area contributed by atoms with Crippen molar-refractivity contribution < 1.29 is 13.9 Å². The molecule has 0 fully saturated rings. The summed E-state index contributed by atoms with van der Waals surface area (Å²) in [6, 6.07) is 15.8. The fraction of sp³-hybridized carbons (Fsp3) is 0.214. The zero-order valence-corrected chi connectivity index (χ0v) is 19.5. The van der Waals surface area contributed by atoms with Crippen LogP contribution in [-0.4, -0.2) is 39.9 Å². The number of nitrogens with one attached hydrogen (secondary N) is 1. The molecule has 0 aliphatic carbocycles. The average molecular weight is 471 g/mol. The Bertz CT molecular complexity index is 1400. The van der Waals surface area contributed by atoms with Gasteiger partial charge in [0.25, 0.3) is 0 Å². The molecule has 0 spiro atoms. The van der Waals surface area contributed by atoms with E-state index in [0.29, 0.717) is 30.0 Å². The lowest BCUT2D eigenvalue weighted by atomic mass is 9.98. The Kier molecular flexibility index (Phi) is 6.33. The van der Waals surface area contributed by atoms with E-state index in [2.05, 4.69) is 28.2 Å². The first-order valence-corrected chi connectivity index (χ1v) is 11.7. The van der Waals surface area contributed by atoms with E-state index in [9.17, 15) is 9.18 Å². The van der Waals surface area contributed by atoms with Crippen LogP contribution in [0.5, 0.6) is 11.5 Å².